The highest BCUT2D eigenvalue weighted by Crippen LogP contribution is 2.27. The summed E-state index contributed by atoms with van der Waals surface area (Å²) in [6, 6.07) is 14.0. The summed E-state index contributed by atoms with van der Waals surface area (Å²) in [5.74, 6) is -0.612. The number of anilines is 1. The first-order valence-corrected chi connectivity index (χ1v) is 8.17. The molecule has 1 atom stereocenters. The Morgan fingerprint density at radius 1 is 1.19 bits per heavy atom. The molecule has 3 aromatic rings. The third-order valence-corrected chi connectivity index (χ3v) is 3.81. The van der Waals surface area contributed by atoms with E-state index in [1.807, 2.05) is 0 Å². The van der Waals surface area contributed by atoms with Crippen molar-refractivity contribution in [3.8, 4) is 0 Å². The van der Waals surface area contributed by atoms with Gasteiger partial charge in [-0.25, -0.2) is 14.2 Å². The van der Waals surface area contributed by atoms with Crippen molar-refractivity contribution in [1.82, 2.24) is 9.97 Å². The Labute approximate surface area is 154 Å². The molecule has 0 fully saturated rings. The Hall–Kier alpha value is -2.99. The monoisotopic (exact) mass is 371 g/mol. The molecule has 1 aromatic carbocycles. The highest BCUT2D eigenvalue weighted by atomic mass is 35.5. The number of carbonyl (C=O) groups excluding carboxylic acids is 1. The van der Waals surface area contributed by atoms with Crippen molar-refractivity contribution in [1.29, 1.82) is 0 Å². The van der Waals surface area contributed by atoms with E-state index >= 15 is 0 Å². The maximum Gasteiger partial charge on any atom is 0.339 e. The van der Waals surface area contributed by atoms with Gasteiger partial charge in [0.15, 0.2) is 6.10 Å². The minimum atomic E-state index is -0.857. The second kappa shape index (κ2) is 7.93. The van der Waals surface area contributed by atoms with Crippen LogP contribution < -0.4 is 5.32 Å². The number of nitrogens with zero attached hydrogens (tertiary/aromatic N) is 2. The number of carbonyl (C=O) groups is 1. The van der Waals surface area contributed by atoms with Crippen LogP contribution >= 0.6 is 11.6 Å². The molecule has 0 saturated heterocycles. The van der Waals surface area contributed by atoms with E-state index in [2.05, 4.69) is 15.3 Å². The van der Waals surface area contributed by atoms with E-state index in [0.29, 0.717) is 17.1 Å². The molecular formula is C19H15ClFN3O2. The van der Waals surface area contributed by atoms with Gasteiger partial charge in [-0.05, 0) is 36.4 Å². The molecule has 0 amide bonds. The minimum Gasteiger partial charge on any atom is -0.447 e. The minimum absolute atomic E-state index is 0.156. The molecule has 5 nitrogen and oxygen atoms in total. The van der Waals surface area contributed by atoms with Gasteiger partial charge < -0.3 is 10.1 Å². The maximum absolute atomic E-state index is 13.7. The number of benzene rings is 1. The summed E-state index contributed by atoms with van der Waals surface area (Å²) in [5.41, 5.74) is 1.19. The number of ether oxygens (including phenoxy) is 1. The normalized spacial score (nSPS) is 11.7. The molecule has 0 aliphatic carbocycles. The van der Waals surface area contributed by atoms with Gasteiger partial charge in [0.1, 0.15) is 16.8 Å². The SMILES string of the molecule is CNc1cc(C(=O)O[C@@H](c2cccc(F)c2)c2ccccn2)cc(Cl)n1. The van der Waals surface area contributed by atoms with E-state index in [4.69, 9.17) is 16.3 Å². The van der Waals surface area contributed by atoms with E-state index in [-0.39, 0.29) is 10.7 Å². The zero-order chi connectivity index (χ0) is 18.5. The van der Waals surface area contributed by atoms with E-state index < -0.39 is 17.9 Å². The lowest BCUT2D eigenvalue weighted by molar-refractivity contribution is 0.0370. The van der Waals surface area contributed by atoms with Gasteiger partial charge in [-0.3, -0.25) is 4.98 Å². The lowest BCUT2D eigenvalue weighted by atomic mass is 10.1. The van der Waals surface area contributed by atoms with Crippen LogP contribution in [0.25, 0.3) is 0 Å². The number of rotatable bonds is 5. The lowest BCUT2D eigenvalue weighted by Crippen LogP contribution is -2.15. The van der Waals surface area contributed by atoms with Gasteiger partial charge in [0.2, 0.25) is 0 Å². The summed E-state index contributed by atoms with van der Waals surface area (Å²) < 4.78 is 19.3. The first-order valence-electron chi connectivity index (χ1n) is 7.79. The van der Waals surface area contributed by atoms with Crippen molar-refractivity contribution in [2.75, 3.05) is 12.4 Å². The molecule has 2 aromatic heterocycles. The van der Waals surface area contributed by atoms with Crippen LogP contribution in [0.2, 0.25) is 5.15 Å². The number of hydrogen-bond acceptors (Lipinski definition) is 5. The topological polar surface area (TPSA) is 64.1 Å². The maximum atomic E-state index is 13.7. The molecule has 0 aliphatic heterocycles. The van der Waals surface area contributed by atoms with Crippen LogP contribution in [0.3, 0.4) is 0 Å². The molecule has 0 aliphatic rings. The van der Waals surface area contributed by atoms with Gasteiger partial charge in [0.25, 0.3) is 0 Å². The molecule has 26 heavy (non-hydrogen) atoms. The first kappa shape index (κ1) is 17.8. The zero-order valence-corrected chi connectivity index (χ0v) is 14.6. The second-order valence-electron chi connectivity index (χ2n) is 5.41. The molecule has 3 rings (SSSR count). The zero-order valence-electron chi connectivity index (χ0n) is 13.8. The third-order valence-electron chi connectivity index (χ3n) is 3.62. The average Bonchev–Trinajstić information content (AvgIpc) is 2.66. The fourth-order valence-corrected chi connectivity index (χ4v) is 2.63. The average molecular weight is 372 g/mol. The van der Waals surface area contributed by atoms with Crippen LogP contribution in [0.1, 0.15) is 27.7 Å². The molecule has 7 heteroatoms. The van der Waals surface area contributed by atoms with E-state index in [1.165, 1.54) is 24.3 Å². The van der Waals surface area contributed by atoms with Crippen LogP contribution in [-0.4, -0.2) is 23.0 Å². The molecular weight excluding hydrogens is 357 g/mol. The molecule has 2 heterocycles. The molecule has 0 unspecified atom stereocenters. The number of hydrogen-bond donors (Lipinski definition) is 1. The number of esters is 1. The Morgan fingerprint density at radius 3 is 2.73 bits per heavy atom. The van der Waals surface area contributed by atoms with Crippen molar-refractivity contribution < 1.29 is 13.9 Å². The Kier molecular flexibility index (Phi) is 5.43. The van der Waals surface area contributed by atoms with Crippen molar-refractivity contribution in [2.45, 2.75) is 6.10 Å². The summed E-state index contributed by atoms with van der Waals surface area (Å²) >= 11 is 5.94. The fraction of sp³-hybridized carbons (Fsp3) is 0.105. The van der Waals surface area contributed by atoms with Crippen LogP contribution in [0, 0.1) is 5.82 Å². The van der Waals surface area contributed by atoms with Gasteiger partial charge in [0, 0.05) is 18.8 Å². The molecule has 132 valence electrons. The summed E-state index contributed by atoms with van der Waals surface area (Å²) in [6.45, 7) is 0. The van der Waals surface area contributed by atoms with Crippen molar-refractivity contribution in [3.05, 3.63) is 88.6 Å². The molecule has 1 N–H and O–H groups in total. The quantitative estimate of drug-likeness (QED) is 0.536. The Balaban J connectivity index is 1.96. The van der Waals surface area contributed by atoms with Gasteiger partial charge in [-0.15, -0.1) is 0 Å². The number of nitrogens with one attached hydrogen (secondary N) is 1. The van der Waals surface area contributed by atoms with Gasteiger partial charge >= 0.3 is 5.97 Å². The van der Waals surface area contributed by atoms with Crippen LogP contribution in [0.15, 0.2) is 60.8 Å². The van der Waals surface area contributed by atoms with Crippen molar-refractivity contribution in [2.24, 2.45) is 0 Å². The smallest absolute Gasteiger partial charge is 0.339 e. The van der Waals surface area contributed by atoms with Gasteiger partial charge in [-0.1, -0.05) is 29.8 Å². The van der Waals surface area contributed by atoms with E-state index in [0.717, 1.165) is 0 Å². The fourth-order valence-electron chi connectivity index (χ4n) is 2.42. The van der Waals surface area contributed by atoms with E-state index in [9.17, 15) is 9.18 Å². The summed E-state index contributed by atoms with van der Waals surface area (Å²) in [6.07, 6.45) is 0.724. The highest BCUT2D eigenvalue weighted by Gasteiger charge is 2.22. The third kappa shape index (κ3) is 4.15. The molecule has 0 spiro atoms. The largest absolute Gasteiger partial charge is 0.447 e. The first-order chi connectivity index (χ1) is 12.6. The second-order valence-corrected chi connectivity index (χ2v) is 5.80. The van der Waals surface area contributed by atoms with E-state index in [1.54, 1.807) is 43.6 Å². The predicted molar refractivity (Wildman–Crippen MR) is 96.7 cm³/mol. The lowest BCUT2D eigenvalue weighted by Gasteiger charge is -2.18. The van der Waals surface area contributed by atoms with Crippen molar-refractivity contribution >= 4 is 23.4 Å². The molecule has 0 bridgehead atoms. The molecule has 0 radical (unpaired) electrons. The summed E-state index contributed by atoms with van der Waals surface area (Å²) in [5, 5.41) is 2.98. The van der Waals surface area contributed by atoms with Gasteiger partial charge in [-0.2, -0.15) is 0 Å². The predicted octanol–water partition coefficient (Wildman–Crippen LogP) is 4.26. The Bertz CT molecular complexity index is 922. The summed E-state index contributed by atoms with van der Waals surface area (Å²) in [7, 11) is 1.66. The highest BCUT2D eigenvalue weighted by molar-refractivity contribution is 6.29. The number of halogens is 2. The van der Waals surface area contributed by atoms with Gasteiger partial charge in [0.05, 0.1) is 11.3 Å². The van der Waals surface area contributed by atoms with Crippen LogP contribution in [0.5, 0.6) is 0 Å². The Morgan fingerprint density at radius 2 is 2.04 bits per heavy atom. The number of aromatic nitrogens is 2. The summed E-state index contributed by atoms with van der Waals surface area (Å²) in [4.78, 5) is 20.9. The van der Waals surface area contributed by atoms with Crippen molar-refractivity contribution in [3.63, 3.8) is 0 Å². The van der Waals surface area contributed by atoms with Crippen LogP contribution in [0.4, 0.5) is 10.2 Å². The standard InChI is InChI=1S/C19H15ClFN3O2/c1-22-17-11-13(10-16(20)24-17)19(25)26-18(15-7-2-3-8-23-15)12-5-4-6-14(21)9-12/h2-11,18H,1H3,(H,22,24)/t18-/m0/s1. The molecule has 0 saturated carbocycles. The number of pyridine rings is 2. The van der Waals surface area contributed by atoms with Crippen LogP contribution in [-0.2, 0) is 4.74 Å².